The number of aromatic hydroxyl groups is 1. The van der Waals surface area contributed by atoms with Crippen LogP contribution in [0.5, 0.6) is 11.5 Å². The summed E-state index contributed by atoms with van der Waals surface area (Å²) in [6.45, 7) is 1.76. The zero-order chi connectivity index (χ0) is 10.8. The van der Waals surface area contributed by atoms with E-state index in [4.69, 9.17) is 4.74 Å². The second-order valence-corrected chi connectivity index (χ2v) is 3.74. The van der Waals surface area contributed by atoms with Crippen molar-refractivity contribution in [2.45, 2.75) is 12.3 Å². The van der Waals surface area contributed by atoms with E-state index in [1.165, 1.54) is 7.11 Å². The molecule has 1 unspecified atom stereocenters. The van der Waals surface area contributed by atoms with E-state index in [-0.39, 0.29) is 17.4 Å². The van der Waals surface area contributed by atoms with Crippen LogP contribution in [0.3, 0.4) is 0 Å². The summed E-state index contributed by atoms with van der Waals surface area (Å²) in [6, 6.07) is 2.70. The number of hydrogen-bond donors (Lipinski definition) is 2. The van der Waals surface area contributed by atoms with Crippen molar-refractivity contribution < 1.29 is 14.2 Å². The maximum absolute atomic E-state index is 13.2. The van der Waals surface area contributed by atoms with Gasteiger partial charge < -0.3 is 15.2 Å². The summed E-state index contributed by atoms with van der Waals surface area (Å²) in [5, 5.41) is 12.9. The van der Waals surface area contributed by atoms with E-state index in [0.29, 0.717) is 0 Å². The van der Waals surface area contributed by atoms with Gasteiger partial charge in [0.15, 0.2) is 11.6 Å². The van der Waals surface area contributed by atoms with Gasteiger partial charge in [0, 0.05) is 24.1 Å². The lowest BCUT2D eigenvalue weighted by Gasteiger charge is -2.13. The number of halogens is 1. The molecule has 1 saturated heterocycles. The molecule has 1 aliphatic heterocycles. The predicted octanol–water partition coefficient (Wildman–Crippen LogP) is 1.62. The minimum absolute atomic E-state index is 0.0157. The molecule has 0 aliphatic carbocycles. The van der Waals surface area contributed by atoms with Gasteiger partial charge in [-0.2, -0.15) is 0 Å². The number of phenolic OH excluding ortho intramolecular Hbond substituents is 1. The maximum Gasteiger partial charge on any atom is 0.168 e. The van der Waals surface area contributed by atoms with Gasteiger partial charge in [0.05, 0.1) is 7.11 Å². The van der Waals surface area contributed by atoms with Crippen molar-refractivity contribution in [1.29, 1.82) is 0 Å². The van der Waals surface area contributed by atoms with Crippen molar-refractivity contribution in [2.75, 3.05) is 20.2 Å². The molecule has 0 spiro atoms. The molecule has 0 radical (unpaired) electrons. The van der Waals surface area contributed by atoms with Crippen LogP contribution in [0.25, 0.3) is 0 Å². The summed E-state index contributed by atoms with van der Waals surface area (Å²) in [6.07, 6.45) is 0.961. The fourth-order valence-electron chi connectivity index (χ4n) is 1.96. The highest BCUT2D eigenvalue weighted by Gasteiger charge is 2.21. The second kappa shape index (κ2) is 4.06. The van der Waals surface area contributed by atoms with Crippen molar-refractivity contribution in [1.82, 2.24) is 5.32 Å². The number of hydrogen-bond acceptors (Lipinski definition) is 3. The Balaban J connectivity index is 2.37. The molecule has 1 aromatic carbocycles. The summed E-state index contributed by atoms with van der Waals surface area (Å²) in [5.41, 5.74) is 0.762. The third kappa shape index (κ3) is 1.90. The molecular formula is C11H14FNO2. The fraction of sp³-hybridized carbons (Fsp3) is 0.455. The Morgan fingerprint density at radius 2 is 2.33 bits per heavy atom. The van der Waals surface area contributed by atoms with Crippen LogP contribution in [0.2, 0.25) is 0 Å². The Kier molecular flexibility index (Phi) is 2.77. The van der Waals surface area contributed by atoms with Crippen LogP contribution in [0.1, 0.15) is 17.9 Å². The number of rotatable bonds is 2. The summed E-state index contributed by atoms with van der Waals surface area (Å²) < 4.78 is 18.1. The third-order valence-corrected chi connectivity index (χ3v) is 2.80. The molecule has 3 nitrogen and oxygen atoms in total. The van der Waals surface area contributed by atoms with E-state index in [0.717, 1.165) is 31.1 Å². The maximum atomic E-state index is 13.2. The van der Waals surface area contributed by atoms with Gasteiger partial charge in [-0.3, -0.25) is 0 Å². The quantitative estimate of drug-likeness (QED) is 0.781. The first-order valence-corrected chi connectivity index (χ1v) is 4.99. The lowest BCUT2D eigenvalue weighted by Crippen LogP contribution is -2.08. The first kappa shape index (κ1) is 10.2. The summed E-state index contributed by atoms with van der Waals surface area (Å²) in [5.74, 6) is -0.0686. The topological polar surface area (TPSA) is 41.5 Å². The minimum atomic E-state index is -0.523. The molecule has 15 heavy (non-hydrogen) atoms. The number of ether oxygens (including phenoxy) is 1. The molecule has 82 valence electrons. The van der Waals surface area contributed by atoms with E-state index in [9.17, 15) is 9.50 Å². The average molecular weight is 211 g/mol. The van der Waals surface area contributed by atoms with Gasteiger partial charge in [0.2, 0.25) is 0 Å². The average Bonchev–Trinajstić information content (AvgIpc) is 2.71. The Hall–Kier alpha value is -1.29. The van der Waals surface area contributed by atoms with Crippen LogP contribution < -0.4 is 10.1 Å². The molecule has 1 heterocycles. The Labute approximate surface area is 87.9 Å². The van der Waals surface area contributed by atoms with Gasteiger partial charge in [-0.15, -0.1) is 0 Å². The molecule has 1 aliphatic rings. The zero-order valence-electron chi connectivity index (χ0n) is 8.59. The molecule has 2 N–H and O–H groups in total. The van der Waals surface area contributed by atoms with Crippen LogP contribution in [-0.2, 0) is 0 Å². The van der Waals surface area contributed by atoms with Crippen LogP contribution >= 0.6 is 0 Å². The molecule has 0 saturated carbocycles. The van der Waals surface area contributed by atoms with E-state index in [2.05, 4.69) is 5.32 Å². The SMILES string of the molecule is COc1cc(C2CCNC2)c(O)cc1F. The van der Waals surface area contributed by atoms with Crippen molar-refractivity contribution >= 4 is 0 Å². The smallest absolute Gasteiger partial charge is 0.168 e. The van der Waals surface area contributed by atoms with Crippen LogP contribution in [0.15, 0.2) is 12.1 Å². The summed E-state index contributed by atoms with van der Waals surface area (Å²) in [7, 11) is 1.42. The molecule has 1 atom stereocenters. The first-order valence-electron chi connectivity index (χ1n) is 4.99. The third-order valence-electron chi connectivity index (χ3n) is 2.80. The van der Waals surface area contributed by atoms with Gasteiger partial charge in [0.1, 0.15) is 5.75 Å². The van der Waals surface area contributed by atoms with Gasteiger partial charge in [0.25, 0.3) is 0 Å². The van der Waals surface area contributed by atoms with Gasteiger partial charge in [-0.1, -0.05) is 0 Å². The second-order valence-electron chi connectivity index (χ2n) is 3.74. The van der Waals surface area contributed by atoms with Crippen LogP contribution in [0, 0.1) is 5.82 Å². The van der Waals surface area contributed by atoms with Gasteiger partial charge in [-0.05, 0) is 19.0 Å². The van der Waals surface area contributed by atoms with Crippen molar-refractivity contribution in [3.8, 4) is 11.5 Å². The standard InChI is InChI=1S/C11H14FNO2/c1-15-11-4-8(7-2-3-13-6-7)10(14)5-9(11)12/h4-5,7,13-14H,2-3,6H2,1H3. The van der Waals surface area contributed by atoms with Crippen molar-refractivity contribution in [3.63, 3.8) is 0 Å². The van der Waals surface area contributed by atoms with Crippen molar-refractivity contribution in [3.05, 3.63) is 23.5 Å². The Morgan fingerprint density at radius 3 is 2.93 bits per heavy atom. The Bertz CT molecular complexity index is 362. The molecule has 1 fully saturated rings. The molecular weight excluding hydrogens is 197 g/mol. The van der Waals surface area contributed by atoms with E-state index < -0.39 is 5.82 Å². The number of nitrogens with one attached hydrogen (secondary N) is 1. The van der Waals surface area contributed by atoms with Crippen LogP contribution in [0.4, 0.5) is 4.39 Å². The first-order chi connectivity index (χ1) is 7.22. The monoisotopic (exact) mass is 211 g/mol. The molecule has 4 heteroatoms. The predicted molar refractivity (Wildman–Crippen MR) is 54.8 cm³/mol. The zero-order valence-corrected chi connectivity index (χ0v) is 8.59. The minimum Gasteiger partial charge on any atom is -0.508 e. The highest BCUT2D eigenvalue weighted by Crippen LogP contribution is 2.34. The van der Waals surface area contributed by atoms with Gasteiger partial charge >= 0.3 is 0 Å². The summed E-state index contributed by atoms with van der Waals surface area (Å²) >= 11 is 0. The van der Waals surface area contributed by atoms with Gasteiger partial charge in [-0.25, -0.2) is 4.39 Å². The number of benzene rings is 1. The lowest BCUT2D eigenvalue weighted by atomic mass is 9.97. The number of phenols is 1. The molecule has 0 amide bonds. The molecule has 2 rings (SSSR count). The largest absolute Gasteiger partial charge is 0.508 e. The normalized spacial score (nSPS) is 20.5. The summed E-state index contributed by atoms with van der Waals surface area (Å²) in [4.78, 5) is 0. The molecule has 0 bridgehead atoms. The van der Waals surface area contributed by atoms with Crippen LogP contribution in [-0.4, -0.2) is 25.3 Å². The molecule has 1 aromatic rings. The van der Waals surface area contributed by atoms with Crippen molar-refractivity contribution in [2.24, 2.45) is 0 Å². The highest BCUT2D eigenvalue weighted by atomic mass is 19.1. The highest BCUT2D eigenvalue weighted by molar-refractivity contribution is 5.43. The molecule has 0 aromatic heterocycles. The lowest BCUT2D eigenvalue weighted by molar-refractivity contribution is 0.379. The van der Waals surface area contributed by atoms with E-state index in [1.807, 2.05) is 0 Å². The van der Waals surface area contributed by atoms with E-state index in [1.54, 1.807) is 6.07 Å². The Morgan fingerprint density at radius 1 is 1.53 bits per heavy atom. The number of methoxy groups -OCH3 is 1. The fourth-order valence-corrected chi connectivity index (χ4v) is 1.96. The van der Waals surface area contributed by atoms with E-state index >= 15 is 0 Å².